The summed E-state index contributed by atoms with van der Waals surface area (Å²) in [6.45, 7) is 0.657. The fourth-order valence-electron chi connectivity index (χ4n) is 2.37. The highest BCUT2D eigenvalue weighted by Crippen LogP contribution is 2.45. The molecule has 3 heteroatoms. The van der Waals surface area contributed by atoms with Gasteiger partial charge in [0.15, 0.2) is 0 Å². The fraction of sp³-hybridized carbons (Fsp3) is 0.462. The van der Waals surface area contributed by atoms with Crippen molar-refractivity contribution in [1.82, 2.24) is 0 Å². The van der Waals surface area contributed by atoms with Gasteiger partial charge in [0, 0.05) is 18.7 Å². The van der Waals surface area contributed by atoms with E-state index in [4.69, 9.17) is 11.6 Å². The summed E-state index contributed by atoms with van der Waals surface area (Å²) < 4.78 is 0. The monoisotopic (exact) mass is 235 g/mol. The Morgan fingerprint density at radius 2 is 2.00 bits per heavy atom. The molecule has 1 atom stereocenters. The Morgan fingerprint density at radius 1 is 1.25 bits per heavy atom. The molecule has 1 aromatic carbocycles. The van der Waals surface area contributed by atoms with E-state index >= 15 is 0 Å². The van der Waals surface area contributed by atoms with E-state index in [1.54, 1.807) is 0 Å². The Labute approximate surface area is 100 Å². The third-order valence-corrected chi connectivity index (χ3v) is 3.61. The van der Waals surface area contributed by atoms with Gasteiger partial charge >= 0.3 is 0 Å². The van der Waals surface area contributed by atoms with Gasteiger partial charge in [-0.1, -0.05) is 18.2 Å². The van der Waals surface area contributed by atoms with Crippen LogP contribution in [0.25, 0.3) is 0 Å². The van der Waals surface area contributed by atoms with Gasteiger partial charge in [-0.3, -0.25) is 4.79 Å². The first-order valence-corrected chi connectivity index (χ1v) is 6.22. The van der Waals surface area contributed by atoms with Gasteiger partial charge in [0.05, 0.1) is 5.38 Å². The van der Waals surface area contributed by atoms with E-state index in [-0.39, 0.29) is 11.3 Å². The lowest BCUT2D eigenvalue weighted by Crippen LogP contribution is -2.25. The zero-order valence-electron chi connectivity index (χ0n) is 9.03. The molecule has 1 aromatic rings. The molecule has 2 aliphatic rings. The number of anilines is 1. The van der Waals surface area contributed by atoms with E-state index in [1.165, 1.54) is 18.4 Å². The van der Waals surface area contributed by atoms with Crippen LogP contribution in [0.15, 0.2) is 24.3 Å². The summed E-state index contributed by atoms with van der Waals surface area (Å²) in [5, 5.41) is -0.0280. The minimum atomic E-state index is -0.0280. The maximum absolute atomic E-state index is 11.8. The number of hydrogen-bond donors (Lipinski definition) is 0. The van der Waals surface area contributed by atoms with E-state index in [0.29, 0.717) is 18.9 Å². The summed E-state index contributed by atoms with van der Waals surface area (Å²) in [7, 11) is 0. The Morgan fingerprint density at radius 3 is 2.62 bits per heavy atom. The van der Waals surface area contributed by atoms with Crippen molar-refractivity contribution in [3.63, 3.8) is 0 Å². The van der Waals surface area contributed by atoms with Crippen molar-refractivity contribution in [2.75, 3.05) is 11.4 Å². The number of carbonyl (C=O) groups excluding carboxylic acids is 1. The van der Waals surface area contributed by atoms with Gasteiger partial charge in [-0.2, -0.15) is 0 Å². The first-order chi connectivity index (χ1) is 7.75. The molecule has 2 nitrogen and oxygen atoms in total. The highest BCUT2D eigenvalue weighted by Gasteiger charge is 2.33. The van der Waals surface area contributed by atoms with Crippen molar-refractivity contribution in [2.24, 2.45) is 0 Å². The lowest BCUT2D eigenvalue weighted by atomic mass is 10.1. The molecular weight excluding hydrogens is 222 g/mol. The molecule has 0 radical (unpaired) electrons. The number of amides is 1. The molecule has 0 bridgehead atoms. The van der Waals surface area contributed by atoms with E-state index < -0.39 is 0 Å². The topological polar surface area (TPSA) is 20.3 Å². The van der Waals surface area contributed by atoms with E-state index in [2.05, 4.69) is 12.1 Å². The normalized spacial score (nSPS) is 25.2. The molecule has 16 heavy (non-hydrogen) atoms. The Kier molecular flexibility index (Phi) is 2.40. The molecule has 1 saturated carbocycles. The fourth-order valence-corrected chi connectivity index (χ4v) is 2.64. The summed E-state index contributed by atoms with van der Waals surface area (Å²) in [6, 6.07) is 8.23. The van der Waals surface area contributed by atoms with Crippen molar-refractivity contribution in [2.45, 2.75) is 30.6 Å². The predicted octanol–water partition coefficient (Wildman–Crippen LogP) is 2.91. The maximum atomic E-state index is 11.8. The molecule has 1 saturated heterocycles. The van der Waals surface area contributed by atoms with Gasteiger partial charge in [0.2, 0.25) is 5.91 Å². The first-order valence-electron chi connectivity index (χ1n) is 5.79. The van der Waals surface area contributed by atoms with Crippen LogP contribution in [-0.2, 0) is 4.79 Å². The summed E-state index contributed by atoms with van der Waals surface area (Å²) in [4.78, 5) is 13.7. The zero-order chi connectivity index (χ0) is 11.1. The van der Waals surface area contributed by atoms with Crippen molar-refractivity contribution in [3.8, 4) is 0 Å². The van der Waals surface area contributed by atoms with Crippen molar-refractivity contribution in [1.29, 1.82) is 0 Å². The van der Waals surface area contributed by atoms with Gasteiger partial charge in [-0.05, 0) is 30.4 Å². The van der Waals surface area contributed by atoms with Gasteiger partial charge < -0.3 is 4.90 Å². The maximum Gasteiger partial charge on any atom is 0.228 e. The van der Waals surface area contributed by atoms with E-state index in [1.807, 2.05) is 17.0 Å². The number of hydrogen-bond acceptors (Lipinski definition) is 1. The SMILES string of the molecule is O=C1CC(Cl)CN1c1ccccc1C1CC1. The van der Waals surface area contributed by atoms with Gasteiger partial charge in [0.25, 0.3) is 0 Å². The van der Waals surface area contributed by atoms with Crippen LogP contribution in [-0.4, -0.2) is 17.8 Å². The molecule has 0 spiro atoms. The second kappa shape index (κ2) is 3.77. The van der Waals surface area contributed by atoms with Gasteiger partial charge in [-0.25, -0.2) is 0 Å². The van der Waals surface area contributed by atoms with E-state index in [9.17, 15) is 4.79 Å². The molecule has 1 unspecified atom stereocenters. The van der Waals surface area contributed by atoms with Crippen LogP contribution in [0.3, 0.4) is 0 Å². The minimum Gasteiger partial charge on any atom is -0.311 e. The van der Waals surface area contributed by atoms with Gasteiger partial charge in [-0.15, -0.1) is 11.6 Å². The van der Waals surface area contributed by atoms with Crippen LogP contribution in [0.2, 0.25) is 0 Å². The lowest BCUT2D eigenvalue weighted by molar-refractivity contribution is -0.117. The molecule has 1 heterocycles. The average Bonchev–Trinajstić information content (AvgIpc) is 3.05. The third-order valence-electron chi connectivity index (χ3n) is 3.32. The Balaban J connectivity index is 1.96. The number of rotatable bonds is 2. The molecule has 0 N–H and O–H groups in total. The molecule has 1 aliphatic carbocycles. The highest BCUT2D eigenvalue weighted by atomic mass is 35.5. The number of alkyl halides is 1. The first kappa shape index (κ1) is 10.2. The Bertz CT molecular complexity index is 428. The van der Waals surface area contributed by atoms with Crippen LogP contribution < -0.4 is 4.90 Å². The van der Waals surface area contributed by atoms with Crippen molar-refractivity contribution >= 4 is 23.2 Å². The molecule has 1 amide bonds. The standard InChI is InChI=1S/C13H14ClNO/c14-10-7-13(16)15(8-10)12-4-2-1-3-11(12)9-5-6-9/h1-4,9-10H,5-8H2. The zero-order valence-corrected chi connectivity index (χ0v) is 9.78. The lowest BCUT2D eigenvalue weighted by Gasteiger charge is -2.19. The van der Waals surface area contributed by atoms with Crippen LogP contribution in [0, 0.1) is 0 Å². The molecule has 3 rings (SSSR count). The van der Waals surface area contributed by atoms with Crippen LogP contribution in [0.4, 0.5) is 5.69 Å². The number of benzene rings is 1. The molecule has 84 valence electrons. The molecular formula is C13H14ClNO. The second-order valence-electron chi connectivity index (χ2n) is 4.64. The summed E-state index contributed by atoms with van der Waals surface area (Å²) in [5.74, 6) is 0.825. The van der Waals surface area contributed by atoms with Crippen molar-refractivity contribution < 1.29 is 4.79 Å². The highest BCUT2D eigenvalue weighted by molar-refractivity contribution is 6.24. The second-order valence-corrected chi connectivity index (χ2v) is 5.26. The summed E-state index contributed by atoms with van der Waals surface area (Å²) in [5.41, 5.74) is 2.40. The third kappa shape index (κ3) is 1.71. The minimum absolute atomic E-state index is 0.0280. The molecule has 1 aliphatic heterocycles. The largest absolute Gasteiger partial charge is 0.311 e. The predicted molar refractivity (Wildman–Crippen MR) is 65.0 cm³/mol. The summed E-state index contributed by atoms with van der Waals surface area (Å²) >= 11 is 6.04. The Hall–Kier alpha value is -1.02. The van der Waals surface area contributed by atoms with E-state index in [0.717, 1.165) is 5.69 Å². The average molecular weight is 236 g/mol. The van der Waals surface area contributed by atoms with Gasteiger partial charge in [0.1, 0.15) is 0 Å². The summed E-state index contributed by atoms with van der Waals surface area (Å²) in [6.07, 6.45) is 2.98. The van der Waals surface area contributed by atoms with Crippen molar-refractivity contribution in [3.05, 3.63) is 29.8 Å². The number of halogens is 1. The number of para-hydroxylation sites is 1. The van der Waals surface area contributed by atoms with Crippen LogP contribution in [0.5, 0.6) is 0 Å². The number of carbonyl (C=O) groups is 1. The quantitative estimate of drug-likeness (QED) is 0.722. The molecule has 0 aromatic heterocycles. The number of nitrogens with zero attached hydrogens (tertiary/aromatic N) is 1. The molecule has 2 fully saturated rings. The van der Waals surface area contributed by atoms with Crippen LogP contribution in [0.1, 0.15) is 30.7 Å². The smallest absolute Gasteiger partial charge is 0.228 e. The van der Waals surface area contributed by atoms with Crippen LogP contribution >= 0.6 is 11.6 Å².